The molecule has 0 aliphatic carbocycles. The van der Waals surface area contributed by atoms with Gasteiger partial charge in [-0.15, -0.1) is 0 Å². The Morgan fingerprint density at radius 1 is 1.19 bits per heavy atom. The number of halogens is 1. The number of rotatable bonds is 6. The first kappa shape index (κ1) is 21.3. The molecule has 1 aromatic carbocycles. The van der Waals surface area contributed by atoms with Crippen molar-refractivity contribution in [3.05, 3.63) is 77.3 Å². The number of amides is 3. The fraction of sp³-hybridized carbons (Fsp3) is 0.273. The Balaban J connectivity index is 1.47. The summed E-state index contributed by atoms with van der Waals surface area (Å²) in [7, 11) is 1.53. The lowest BCUT2D eigenvalue weighted by Crippen LogP contribution is -2.62. The zero-order valence-corrected chi connectivity index (χ0v) is 17.6. The number of likely N-dealkylation sites (N-methyl/N-ethyl adjacent to an activating group) is 1. The van der Waals surface area contributed by atoms with E-state index in [2.05, 4.69) is 15.7 Å². The van der Waals surface area contributed by atoms with Gasteiger partial charge in [0.1, 0.15) is 22.8 Å². The smallest absolute Gasteiger partial charge is 0.272 e. The molecule has 4 rings (SSSR count). The highest BCUT2D eigenvalue weighted by atomic mass is 19.1. The predicted octanol–water partition coefficient (Wildman–Crippen LogP) is 1.71. The van der Waals surface area contributed by atoms with Crippen LogP contribution in [0.1, 0.15) is 39.2 Å². The molecule has 3 aromatic rings. The fourth-order valence-corrected chi connectivity index (χ4v) is 3.48. The minimum atomic E-state index is -1.22. The van der Waals surface area contributed by atoms with E-state index in [4.69, 9.17) is 4.42 Å². The number of hydrogen-bond donors (Lipinski definition) is 2. The Labute approximate surface area is 183 Å². The summed E-state index contributed by atoms with van der Waals surface area (Å²) in [5.74, 6) is -1.04. The van der Waals surface area contributed by atoms with E-state index in [0.29, 0.717) is 5.76 Å². The van der Waals surface area contributed by atoms with E-state index in [-0.39, 0.29) is 42.7 Å². The average Bonchev–Trinajstić information content (AvgIpc) is 3.45. The molecule has 0 fully saturated rings. The molecule has 3 amide bonds. The van der Waals surface area contributed by atoms with Crippen LogP contribution in [0.2, 0.25) is 0 Å². The zero-order chi connectivity index (χ0) is 22.9. The molecule has 1 atom stereocenters. The molecular weight excluding hydrogens is 417 g/mol. The lowest BCUT2D eigenvalue weighted by Gasteiger charge is -2.40. The van der Waals surface area contributed by atoms with Crippen LogP contribution in [0, 0.1) is 5.82 Å². The number of aromatic nitrogens is 2. The average molecular weight is 439 g/mol. The van der Waals surface area contributed by atoms with Crippen molar-refractivity contribution in [3.63, 3.8) is 0 Å². The molecule has 1 unspecified atom stereocenters. The van der Waals surface area contributed by atoms with Gasteiger partial charge in [-0.2, -0.15) is 5.10 Å². The Morgan fingerprint density at radius 2 is 1.94 bits per heavy atom. The summed E-state index contributed by atoms with van der Waals surface area (Å²) >= 11 is 0. The second-order valence-electron chi connectivity index (χ2n) is 7.78. The van der Waals surface area contributed by atoms with Crippen molar-refractivity contribution in [1.29, 1.82) is 0 Å². The van der Waals surface area contributed by atoms with Gasteiger partial charge in [0.15, 0.2) is 5.69 Å². The second-order valence-corrected chi connectivity index (χ2v) is 7.78. The van der Waals surface area contributed by atoms with Crippen molar-refractivity contribution in [3.8, 4) is 0 Å². The Hall–Kier alpha value is -3.95. The fourth-order valence-electron chi connectivity index (χ4n) is 3.48. The predicted molar refractivity (Wildman–Crippen MR) is 111 cm³/mol. The molecule has 2 N–H and O–H groups in total. The molecule has 0 saturated heterocycles. The molecule has 0 saturated carbocycles. The molecule has 166 valence electrons. The Morgan fingerprint density at radius 3 is 2.62 bits per heavy atom. The highest BCUT2D eigenvalue weighted by Crippen LogP contribution is 2.26. The summed E-state index contributed by atoms with van der Waals surface area (Å²) in [6, 6.07) is 10.6. The van der Waals surface area contributed by atoms with Crippen molar-refractivity contribution in [1.82, 2.24) is 25.3 Å². The van der Waals surface area contributed by atoms with E-state index >= 15 is 0 Å². The minimum absolute atomic E-state index is 0.0734. The number of nitrogens with zero attached hydrogens (tertiary/aromatic N) is 3. The first-order valence-corrected chi connectivity index (χ1v) is 9.97. The maximum Gasteiger partial charge on any atom is 0.272 e. The summed E-state index contributed by atoms with van der Waals surface area (Å²) in [5, 5.41) is 9.72. The molecule has 9 nitrogen and oxygen atoms in total. The molecular formula is C22H22FN5O4. The number of nitrogens with one attached hydrogen (secondary N) is 2. The maximum absolute atomic E-state index is 13.1. The second kappa shape index (κ2) is 8.29. The van der Waals surface area contributed by atoms with Gasteiger partial charge in [-0.05, 0) is 36.8 Å². The van der Waals surface area contributed by atoms with Gasteiger partial charge in [-0.3, -0.25) is 19.1 Å². The van der Waals surface area contributed by atoms with E-state index in [1.165, 1.54) is 41.1 Å². The number of fused-ring (bicyclic) bond motifs is 1. The van der Waals surface area contributed by atoms with Gasteiger partial charge >= 0.3 is 0 Å². The highest BCUT2D eigenvalue weighted by molar-refractivity contribution is 6.01. The molecule has 2 aromatic heterocycles. The van der Waals surface area contributed by atoms with Crippen LogP contribution in [0.4, 0.5) is 4.39 Å². The van der Waals surface area contributed by atoms with E-state index < -0.39 is 17.4 Å². The number of hydrogen-bond acceptors (Lipinski definition) is 5. The van der Waals surface area contributed by atoms with E-state index in [1.807, 2.05) is 0 Å². The van der Waals surface area contributed by atoms with Crippen LogP contribution < -0.4 is 10.6 Å². The van der Waals surface area contributed by atoms with E-state index in [1.54, 1.807) is 31.2 Å². The Kier molecular flexibility index (Phi) is 5.52. The van der Waals surface area contributed by atoms with Crippen LogP contribution in [-0.2, 0) is 24.4 Å². The van der Waals surface area contributed by atoms with Gasteiger partial charge in [0.2, 0.25) is 5.91 Å². The van der Waals surface area contributed by atoms with Gasteiger partial charge < -0.3 is 20.0 Å². The van der Waals surface area contributed by atoms with Crippen molar-refractivity contribution in [2.45, 2.75) is 32.1 Å². The topological polar surface area (TPSA) is 109 Å². The van der Waals surface area contributed by atoms with Crippen LogP contribution >= 0.6 is 0 Å². The molecule has 10 heteroatoms. The van der Waals surface area contributed by atoms with Crippen LogP contribution in [-0.4, -0.2) is 45.0 Å². The van der Waals surface area contributed by atoms with Crippen LogP contribution in [0.5, 0.6) is 0 Å². The van der Waals surface area contributed by atoms with Gasteiger partial charge in [-0.25, -0.2) is 4.39 Å². The largest absolute Gasteiger partial charge is 0.467 e. The SMILES string of the molecule is CN1C(=O)c2cc(C(=O)NCc3ccco3)nn2CC1(C)C(=O)NCc1ccc(F)cc1. The van der Waals surface area contributed by atoms with Gasteiger partial charge in [0.05, 0.1) is 19.4 Å². The summed E-state index contributed by atoms with van der Waals surface area (Å²) in [6.07, 6.45) is 1.51. The quantitative estimate of drug-likeness (QED) is 0.608. The van der Waals surface area contributed by atoms with Crippen LogP contribution in [0.25, 0.3) is 0 Å². The molecule has 1 aliphatic rings. The first-order valence-electron chi connectivity index (χ1n) is 9.97. The van der Waals surface area contributed by atoms with Crippen molar-refractivity contribution < 1.29 is 23.2 Å². The monoisotopic (exact) mass is 439 g/mol. The molecule has 3 heterocycles. The summed E-state index contributed by atoms with van der Waals surface area (Å²) in [6.45, 7) is 2.08. The van der Waals surface area contributed by atoms with Crippen molar-refractivity contribution in [2.75, 3.05) is 7.05 Å². The van der Waals surface area contributed by atoms with Gasteiger partial charge in [0, 0.05) is 19.7 Å². The van der Waals surface area contributed by atoms with Gasteiger partial charge in [-0.1, -0.05) is 12.1 Å². The lowest BCUT2D eigenvalue weighted by molar-refractivity contribution is -0.132. The zero-order valence-electron chi connectivity index (χ0n) is 17.6. The summed E-state index contributed by atoms with van der Waals surface area (Å²) in [4.78, 5) is 39.7. The summed E-state index contributed by atoms with van der Waals surface area (Å²) < 4.78 is 19.6. The third kappa shape index (κ3) is 3.98. The highest BCUT2D eigenvalue weighted by Gasteiger charge is 2.46. The first-order chi connectivity index (χ1) is 15.3. The van der Waals surface area contributed by atoms with Crippen molar-refractivity contribution in [2.24, 2.45) is 0 Å². The minimum Gasteiger partial charge on any atom is -0.467 e. The Bertz CT molecular complexity index is 1160. The molecule has 0 spiro atoms. The van der Waals surface area contributed by atoms with Crippen molar-refractivity contribution >= 4 is 17.7 Å². The summed E-state index contributed by atoms with van der Waals surface area (Å²) in [5.41, 5.74) is -0.204. The van der Waals surface area contributed by atoms with Crippen LogP contribution in [0.15, 0.2) is 53.1 Å². The normalized spacial score (nSPS) is 17.7. The molecule has 1 aliphatic heterocycles. The number of furan rings is 1. The third-order valence-corrected chi connectivity index (χ3v) is 5.59. The lowest BCUT2D eigenvalue weighted by atomic mass is 9.96. The number of carbonyl (C=O) groups excluding carboxylic acids is 3. The van der Waals surface area contributed by atoms with E-state index in [9.17, 15) is 18.8 Å². The maximum atomic E-state index is 13.1. The number of carbonyl (C=O) groups is 3. The molecule has 0 radical (unpaired) electrons. The van der Waals surface area contributed by atoms with Crippen LogP contribution in [0.3, 0.4) is 0 Å². The van der Waals surface area contributed by atoms with Gasteiger partial charge in [0.25, 0.3) is 11.8 Å². The molecule has 0 bridgehead atoms. The molecule has 32 heavy (non-hydrogen) atoms. The van der Waals surface area contributed by atoms with E-state index in [0.717, 1.165) is 5.56 Å². The third-order valence-electron chi connectivity index (χ3n) is 5.59. The standard InChI is InChI=1S/C22H22FN5O4/c1-22(21(31)25-11-14-5-7-15(23)8-6-14)13-28-18(20(30)27(22)2)10-17(26-28)19(29)24-12-16-4-3-9-32-16/h3-10H,11-13H2,1-2H3,(H,24,29)(H,25,31). The number of benzene rings is 1.